The minimum Gasteiger partial charge on any atom is -0.392 e. The molecule has 1 aliphatic rings. The summed E-state index contributed by atoms with van der Waals surface area (Å²) < 4.78 is 0. The lowest BCUT2D eigenvalue weighted by molar-refractivity contribution is -0.118. The molecule has 0 radical (unpaired) electrons. The molecule has 1 heterocycles. The summed E-state index contributed by atoms with van der Waals surface area (Å²) >= 11 is 6.34. The number of hydrogen-bond acceptors (Lipinski definition) is 4. The molecule has 1 aromatic rings. The highest BCUT2D eigenvalue weighted by atomic mass is 32.1. The van der Waals surface area contributed by atoms with Gasteiger partial charge in [-0.15, -0.1) is 11.3 Å². The van der Waals surface area contributed by atoms with Crippen LogP contribution >= 0.6 is 23.6 Å². The van der Waals surface area contributed by atoms with Crippen LogP contribution in [0.4, 0.5) is 5.13 Å². The third kappa shape index (κ3) is 1.87. The minimum atomic E-state index is -0.602. The minimum absolute atomic E-state index is 0.121. The van der Waals surface area contributed by atoms with E-state index < -0.39 is 5.41 Å². The van der Waals surface area contributed by atoms with Gasteiger partial charge in [0.2, 0.25) is 5.91 Å². The summed E-state index contributed by atoms with van der Waals surface area (Å²) in [6, 6.07) is 0. The molecular formula is C9H11N3OS2. The Morgan fingerprint density at radius 2 is 2.40 bits per heavy atom. The van der Waals surface area contributed by atoms with Crippen molar-refractivity contribution in [3.05, 3.63) is 11.1 Å². The maximum absolute atomic E-state index is 11.8. The van der Waals surface area contributed by atoms with E-state index in [0.29, 0.717) is 5.13 Å². The molecule has 3 N–H and O–H groups in total. The fraction of sp³-hybridized carbons (Fsp3) is 0.444. The van der Waals surface area contributed by atoms with Gasteiger partial charge < -0.3 is 11.1 Å². The number of carbonyl (C=O) groups is 1. The van der Waals surface area contributed by atoms with Gasteiger partial charge in [0.05, 0.1) is 10.4 Å². The van der Waals surface area contributed by atoms with Gasteiger partial charge in [0.1, 0.15) is 0 Å². The number of hydrogen-bond donors (Lipinski definition) is 2. The zero-order valence-electron chi connectivity index (χ0n) is 8.24. The predicted octanol–water partition coefficient (Wildman–Crippen LogP) is 1.46. The second-order valence-electron chi connectivity index (χ2n) is 3.68. The Kier molecular flexibility index (Phi) is 2.47. The summed E-state index contributed by atoms with van der Waals surface area (Å²) in [4.78, 5) is 17.2. The highest BCUT2D eigenvalue weighted by molar-refractivity contribution is 7.80. The number of nitrogens with zero attached hydrogens (tertiary/aromatic N) is 1. The third-order valence-corrected chi connectivity index (χ3v) is 3.72. The standard InChI is InChI=1S/C9H11N3OS2/c1-5-4-11-8(15-5)12-7(13)9(2-3-9)6(10)14/h4H,2-3H2,1H3,(H2,10,14)(H,11,12,13). The van der Waals surface area contributed by atoms with E-state index in [1.807, 2.05) is 6.92 Å². The van der Waals surface area contributed by atoms with Crippen LogP contribution in [-0.4, -0.2) is 15.9 Å². The largest absolute Gasteiger partial charge is 0.392 e. The Balaban J connectivity index is 2.08. The molecule has 1 amide bonds. The van der Waals surface area contributed by atoms with Crippen LogP contribution in [0.15, 0.2) is 6.20 Å². The van der Waals surface area contributed by atoms with Gasteiger partial charge in [-0.1, -0.05) is 12.2 Å². The molecule has 0 spiro atoms. The van der Waals surface area contributed by atoms with Crippen LogP contribution in [0.5, 0.6) is 0 Å². The fourth-order valence-corrected chi connectivity index (χ4v) is 2.30. The number of thiocarbonyl (C=S) groups is 1. The molecule has 0 atom stereocenters. The third-order valence-electron chi connectivity index (χ3n) is 2.50. The molecule has 4 nitrogen and oxygen atoms in total. The van der Waals surface area contributed by atoms with E-state index in [0.717, 1.165) is 17.7 Å². The maximum Gasteiger partial charge on any atom is 0.239 e. The van der Waals surface area contributed by atoms with Crippen LogP contribution in [-0.2, 0) is 4.79 Å². The lowest BCUT2D eigenvalue weighted by atomic mass is 10.1. The van der Waals surface area contributed by atoms with Gasteiger partial charge in [0.25, 0.3) is 0 Å². The Bertz CT molecular complexity index is 423. The first-order chi connectivity index (χ1) is 7.04. The molecule has 1 fully saturated rings. The van der Waals surface area contributed by atoms with Crippen LogP contribution in [0.3, 0.4) is 0 Å². The van der Waals surface area contributed by atoms with Crippen LogP contribution in [0.25, 0.3) is 0 Å². The Morgan fingerprint density at radius 1 is 1.73 bits per heavy atom. The number of nitrogens with two attached hydrogens (primary N) is 1. The van der Waals surface area contributed by atoms with E-state index >= 15 is 0 Å². The second kappa shape index (κ2) is 3.53. The normalized spacial score (nSPS) is 17.1. The Labute approximate surface area is 96.9 Å². The van der Waals surface area contributed by atoms with Crippen molar-refractivity contribution in [2.45, 2.75) is 19.8 Å². The smallest absolute Gasteiger partial charge is 0.239 e. The van der Waals surface area contributed by atoms with E-state index in [1.165, 1.54) is 11.3 Å². The van der Waals surface area contributed by atoms with E-state index in [1.54, 1.807) is 6.20 Å². The number of carbonyl (C=O) groups excluding carboxylic acids is 1. The number of aryl methyl sites for hydroxylation is 1. The molecule has 2 rings (SSSR count). The number of thiazole rings is 1. The predicted molar refractivity (Wildman–Crippen MR) is 63.9 cm³/mol. The molecule has 80 valence electrons. The summed E-state index contributed by atoms with van der Waals surface area (Å²) in [6.07, 6.45) is 3.22. The van der Waals surface area contributed by atoms with Crippen molar-refractivity contribution >= 4 is 39.6 Å². The van der Waals surface area contributed by atoms with Crippen molar-refractivity contribution in [2.75, 3.05) is 5.32 Å². The first kappa shape index (κ1) is 10.5. The number of nitrogens with one attached hydrogen (secondary N) is 1. The molecule has 0 aromatic carbocycles. The van der Waals surface area contributed by atoms with Crippen LogP contribution in [0, 0.1) is 12.3 Å². The summed E-state index contributed by atoms with van der Waals surface area (Å²) in [6.45, 7) is 1.94. The molecular weight excluding hydrogens is 230 g/mol. The zero-order valence-corrected chi connectivity index (χ0v) is 9.87. The van der Waals surface area contributed by atoms with Crippen molar-refractivity contribution in [3.8, 4) is 0 Å². The number of aromatic nitrogens is 1. The van der Waals surface area contributed by atoms with Gasteiger partial charge in [-0.3, -0.25) is 4.79 Å². The first-order valence-electron chi connectivity index (χ1n) is 4.58. The Morgan fingerprint density at radius 3 is 2.80 bits per heavy atom. The van der Waals surface area contributed by atoms with Gasteiger partial charge in [-0.05, 0) is 19.8 Å². The lowest BCUT2D eigenvalue weighted by Gasteiger charge is -2.11. The highest BCUT2D eigenvalue weighted by Crippen LogP contribution is 2.46. The number of amides is 1. The van der Waals surface area contributed by atoms with E-state index in [9.17, 15) is 4.79 Å². The molecule has 6 heteroatoms. The quantitative estimate of drug-likeness (QED) is 0.786. The monoisotopic (exact) mass is 241 g/mol. The van der Waals surface area contributed by atoms with Gasteiger partial charge >= 0.3 is 0 Å². The lowest BCUT2D eigenvalue weighted by Crippen LogP contribution is -2.34. The molecule has 1 aromatic heterocycles. The number of anilines is 1. The SMILES string of the molecule is Cc1cnc(NC(=O)C2(C(N)=S)CC2)s1. The molecule has 1 aliphatic carbocycles. The van der Waals surface area contributed by atoms with Crippen molar-refractivity contribution in [1.82, 2.24) is 4.98 Å². The fourth-order valence-electron chi connectivity index (χ4n) is 1.34. The zero-order chi connectivity index (χ0) is 11.1. The van der Waals surface area contributed by atoms with Crippen LogP contribution in [0.2, 0.25) is 0 Å². The van der Waals surface area contributed by atoms with E-state index in [-0.39, 0.29) is 10.9 Å². The molecule has 0 aliphatic heterocycles. The van der Waals surface area contributed by atoms with Gasteiger partial charge in [-0.25, -0.2) is 4.98 Å². The van der Waals surface area contributed by atoms with Crippen LogP contribution in [0.1, 0.15) is 17.7 Å². The van der Waals surface area contributed by atoms with Gasteiger partial charge in [0.15, 0.2) is 5.13 Å². The van der Waals surface area contributed by atoms with E-state index in [2.05, 4.69) is 10.3 Å². The molecule has 0 bridgehead atoms. The van der Waals surface area contributed by atoms with Crippen molar-refractivity contribution in [3.63, 3.8) is 0 Å². The second-order valence-corrected chi connectivity index (χ2v) is 5.35. The number of rotatable bonds is 3. The van der Waals surface area contributed by atoms with Crippen molar-refractivity contribution in [1.29, 1.82) is 0 Å². The maximum atomic E-state index is 11.8. The average molecular weight is 241 g/mol. The highest BCUT2D eigenvalue weighted by Gasteiger charge is 2.52. The van der Waals surface area contributed by atoms with Gasteiger partial charge in [0, 0.05) is 11.1 Å². The first-order valence-corrected chi connectivity index (χ1v) is 5.81. The molecule has 0 unspecified atom stereocenters. The average Bonchev–Trinajstić information content (AvgIpc) is 2.88. The Hall–Kier alpha value is -1.01. The summed E-state index contributed by atoms with van der Waals surface area (Å²) in [5.41, 5.74) is 4.94. The summed E-state index contributed by atoms with van der Waals surface area (Å²) in [5.74, 6) is -0.121. The molecule has 15 heavy (non-hydrogen) atoms. The topological polar surface area (TPSA) is 68.0 Å². The summed E-state index contributed by atoms with van der Waals surface area (Å²) in [7, 11) is 0. The van der Waals surface area contributed by atoms with E-state index in [4.69, 9.17) is 18.0 Å². The molecule has 0 saturated heterocycles. The van der Waals surface area contributed by atoms with Crippen molar-refractivity contribution in [2.24, 2.45) is 11.1 Å². The van der Waals surface area contributed by atoms with Crippen molar-refractivity contribution < 1.29 is 4.79 Å². The summed E-state index contributed by atoms with van der Waals surface area (Å²) in [5, 5.41) is 3.36. The van der Waals surface area contributed by atoms with Crippen LogP contribution < -0.4 is 11.1 Å². The van der Waals surface area contributed by atoms with Gasteiger partial charge in [-0.2, -0.15) is 0 Å². The molecule has 1 saturated carbocycles.